The number of aryl methyl sites for hydroxylation is 1. The summed E-state index contributed by atoms with van der Waals surface area (Å²) in [6.07, 6.45) is 5.25. The lowest BCUT2D eigenvalue weighted by molar-refractivity contribution is 0.0862. The molecule has 20 heavy (non-hydrogen) atoms. The lowest BCUT2D eigenvalue weighted by Crippen LogP contribution is -2.39. The van der Waals surface area contributed by atoms with Crippen molar-refractivity contribution in [1.82, 2.24) is 5.32 Å². The van der Waals surface area contributed by atoms with Gasteiger partial charge in [0.2, 0.25) is 0 Å². The zero-order valence-corrected chi connectivity index (χ0v) is 12.6. The van der Waals surface area contributed by atoms with Crippen molar-refractivity contribution in [1.29, 1.82) is 0 Å². The minimum Gasteiger partial charge on any atom is -0.379 e. The van der Waals surface area contributed by atoms with Crippen molar-refractivity contribution < 1.29 is 9.18 Å². The maximum absolute atomic E-state index is 13.2. The number of nitrogens with one attached hydrogen (secondary N) is 2. The normalized spacial score (nSPS) is 24.7. The van der Waals surface area contributed by atoms with Gasteiger partial charge in [-0.25, -0.2) is 4.39 Å². The highest BCUT2D eigenvalue weighted by atomic mass is 32.1. The molecule has 1 heterocycles. The summed E-state index contributed by atoms with van der Waals surface area (Å²) in [5.74, 6) is -0.0145. The predicted molar refractivity (Wildman–Crippen MR) is 80.5 cm³/mol. The van der Waals surface area contributed by atoms with Gasteiger partial charge in [-0.2, -0.15) is 0 Å². The molecule has 0 bridgehead atoms. The van der Waals surface area contributed by atoms with Crippen molar-refractivity contribution in [3.63, 3.8) is 0 Å². The molecule has 1 aromatic rings. The van der Waals surface area contributed by atoms with Gasteiger partial charge in [0.1, 0.15) is 11.2 Å². The van der Waals surface area contributed by atoms with Crippen LogP contribution in [0.4, 0.5) is 9.39 Å². The SMILES string of the molecule is CNc1sc2c(c1C(=O)NCC1CCC1F)CCCC2. The number of rotatable bonds is 4. The van der Waals surface area contributed by atoms with E-state index in [0.29, 0.717) is 13.0 Å². The first-order valence-corrected chi connectivity index (χ1v) is 8.27. The van der Waals surface area contributed by atoms with Gasteiger partial charge in [-0.3, -0.25) is 4.79 Å². The van der Waals surface area contributed by atoms with E-state index in [-0.39, 0.29) is 11.8 Å². The Labute approximate surface area is 123 Å². The van der Waals surface area contributed by atoms with Gasteiger partial charge in [-0.15, -0.1) is 11.3 Å². The molecule has 0 spiro atoms. The summed E-state index contributed by atoms with van der Waals surface area (Å²) in [5, 5.41) is 7.03. The van der Waals surface area contributed by atoms with Gasteiger partial charge in [-0.05, 0) is 44.1 Å². The van der Waals surface area contributed by atoms with Crippen LogP contribution in [0.3, 0.4) is 0 Å². The van der Waals surface area contributed by atoms with Gasteiger partial charge in [0.05, 0.1) is 5.56 Å². The maximum Gasteiger partial charge on any atom is 0.254 e. The van der Waals surface area contributed by atoms with E-state index in [1.165, 1.54) is 16.9 Å². The molecule has 0 radical (unpaired) electrons. The zero-order chi connectivity index (χ0) is 14.1. The van der Waals surface area contributed by atoms with Crippen LogP contribution in [0.25, 0.3) is 0 Å². The third-order valence-corrected chi connectivity index (χ3v) is 5.78. The second kappa shape index (κ2) is 5.72. The van der Waals surface area contributed by atoms with Crippen molar-refractivity contribution in [2.24, 2.45) is 5.92 Å². The van der Waals surface area contributed by atoms with E-state index >= 15 is 0 Å². The number of alkyl halides is 1. The third-order valence-electron chi connectivity index (χ3n) is 4.47. The Morgan fingerprint density at radius 3 is 2.80 bits per heavy atom. The van der Waals surface area contributed by atoms with E-state index < -0.39 is 6.17 Å². The molecule has 1 aromatic heterocycles. The smallest absolute Gasteiger partial charge is 0.254 e. The monoisotopic (exact) mass is 296 g/mol. The van der Waals surface area contributed by atoms with Gasteiger partial charge in [0, 0.05) is 24.4 Å². The van der Waals surface area contributed by atoms with E-state index in [1.807, 2.05) is 7.05 Å². The van der Waals surface area contributed by atoms with Gasteiger partial charge in [0.25, 0.3) is 5.91 Å². The fourth-order valence-electron chi connectivity index (χ4n) is 3.05. The topological polar surface area (TPSA) is 41.1 Å². The number of carbonyl (C=O) groups excluding carboxylic acids is 1. The number of halogens is 1. The van der Waals surface area contributed by atoms with E-state index in [2.05, 4.69) is 10.6 Å². The molecular weight excluding hydrogens is 275 g/mol. The summed E-state index contributed by atoms with van der Waals surface area (Å²) < 4.78 is 13.2. The Kier molecular flexibility index (Phi) is 3.96. The highest BCUT2D eigenvalue weighted by Gasteiger charge is 2.31. The highest BCUT2D eigenvalue weighted by Crippen LogP contribution is 2.38. The molecule has 1 saturated carbocycles. The molecular formula is C15H21FN2OS. The second-order valence-electron chi connectivity index (χ2n) is 5.73. The molecule has 5 heteroatoms. The van der Waals surface area contributed by atoms with E-state index in [4.69, 9.17) is 0 Å². The predicted octanol–water partition coefficient (Wildman–Crippen LogP) is 3.15. The Hall–Kier alpha value is -1.10. The second-order valence-corrected chi connectivity index (χ2v) is 6.83. The van der Waals surface area contributed by atoms with E-state index in [1.54, 1.807) is 11.3 Å². The first-order chi connectivity index (χ1) is 9.70. The number of amides is 1. The Bertz CT molecular complexity index is 514. The minimum absolute atomic E-state index is 0.0199. The molecule has 3 nitrogen and oxygen atoms in total. The van der Waals surface area contributed by atoms with E-state index in [0.717, 1.165) is 36.2 Å². The third kappa shape index (κ3) is 2.43. The van der Waals surface area contributed by atoms with Crippen LogP contribution in [-0.4, -0.2) is 25.7 Å². The molecule has 0 saturated heterocycles. The first-order valence-electron chi connectivity index (χ1n) is 7.45. The summed E-state index contributed by atoms with van der Waals surface area (Å²) in [6, 6.07) is 0. The summed E-state index contributed by atoms with van der Waals surface area (Å²) in [5.41, 5.74) is 2.02. The van der Waals surface area contributed by atoms with Gasteiger partial charge in [-0.1, -0.05) is 0 Å². The number of hydrogen-bond donors (Lipinski definition) is 2. The summed E-state index contributed by atoms with van der Waals surface area (Å²) in [6.45, 7) is 0.466. The van der Waals surface area contributed by atoms with Crippen LogP contribution in [0, 0.1) is 5.92 Å². The molecule has 2 atom stereocenters. The van der Waals surface area contributed by atoms with E-state index in [9.17, 15) is 9.18 Å². The fourth-order valence-corrected chi connectivity index (χ4v) is 4.29. The Morgan fingerprint density at radius 2 is 2.15 bits per heavy atom. The number of anilines is 1. The lowest BCUT2D eigenvalue weighted by atomic mass is 9.83. The summed E-state index contributed by atoms with van der Waals surface area (Å²) >= 11 is 1.70. The quantitative estimate of drug-likeness (QED) is 0.896. The summed E-state index contributed by atoms with van der Waals surface area (Å²) in [4.78, 5) is 13.8. The summed E-state index contributed by atoms with van der Waals surface area (Å²) in [7, 11) is 1.86. The van der Waals surface area contributed by atoms with Gasteiger partial charge in [0.15, 0.2) is 0 Å². The molecule has 2 aliphatic rings. The van der Waals surface area contributed by atoms with Gasteiger partial charge >= 0.3 is 0 Å². The van der Waals surface area contributed by atoms with Gasteiger partial charge < -0.3 is 10.6 Å². The minimum atomic E-state index is -0.726. The number of hydrogen-bond acceptors (Lipinski definition) is 3. The maximum atomic E-state index is 13.2. The van der Waals surface area contributed by atoms with Crippen LogP contribution in [0.2, 0.25) is 0 Å². The average molecular weight is 296 g/mol. The molecule has 1 amide bonds. The first kappa shape index (κ1) is 13.9. The van der Waals surface area contributed by atoms with Crippen LogP contribution in [0.5, 0.6) is 0 Å². The molecule has 2 N–H and O–H groups in total. The Morgan fingerprint density at radius 1 is 1.35 bits per heavy atom. The highest BCUT2D eigenvalue weighted by molar-refractivity contribution is 7.16. The Balaban J connectivity index is 1.74. The lowest BCUT2D eigenvalue weighted by Gasteiger charge is -2.30. The van der Waals surface area contributed by atoms with Crippen LogP contribution in [0.1, 0.15) is 46.5 Å². The number of fused-ring (bicyclic) bond motifs is 1. The standard InChI is InChI=1S/C15H21FN2OS/c1-17-15-13(10-4-2-3-5-12(10)20-15)14(19)18-8-9-6-7-11(9)16/h9,11,17H,2-8H2,1H3,(H,18,19). The fraction of sp³-hybridized carbons (Fsp3) is 0.667. The molecule has 0 aromatic carbocycles. The van der Waals surface area contributed by atoms with Crippen LogP contribution in [-0.2, 0) is 12.8 Å². The molecule has 3 rings (SSSR count). The van der Waals surface area contributed by atoms with Crippen molar-refractivity contribution in [3.05, 3.63) is 16.0 Å². The van der Waals surface area contributed by atoms with Crippen molar-refractivity contribution in [2.75, 3.05) is 18.9 Å². The molecule has 0 aliphatic heterocycles. The average Bonchev–Trinajstić information content (AvgIpc) is 2.84. The van der Waals surface area contributed by atoms with Crippen LogP contribution < -0.4 is 10.6 Å². The van der Waals surface area contributed by atoms with Crippen LogP contribution in [0.15, 0.2) is 0 Å². The zero-order valence-electron chi connectivity index (χ0n) is 11.8. The van der Waals surface area contributed by atoms with Crippen molar-refractivity contribution in [3.8, 4) is 0 Å². The number of carbonyl (C=O) groups is 1. The van der Waals surface area contributed by atoms with Crippen molar-refractivity contribution in [2.45, 2.75) is 44.7 Å². The molecule has 2 unspecified atom stereocenters. The molecule has 110 valence electrons. The molecule has 2 aliphatic carbocycles. The van der Waals surface area contributed by atoms with Crippen molar-refractivity contribution >= 4 is 22.2 Å². The molecule has 1 fully saturated rings. The largest absolute Gasteiger partial charge is 0.379 e. The number of thiophene rings is 1. The van der Waals surface area contributed by atoms with Crippen LogP contribution >= 0.6 is 11.3 Å².